The van der Waals surface area contributed by atoms with Crippen LogP contribution in [-0.4, -0.2) is 18.6 Å². The number of hydrogen-bond donors (Lipinski definition) is 1. The van der Waals surface area contributed by atoms with Crippen LogP contribution in [0.15, 0.2) is 48.5 Å². The van der Waals surface area contributed by atoms with Gasteiger partial charge in [-0.15, -0.1) is 0 Å². The third-order valence-electron chi connectivity index (χ3n) is 4.33. The minimum absolute atomic E-state index is 0.0213. The molecule has 0 spiro atoms. The molecule has 0 saturated heterocycles. The lowest BCUT2D eigenvalue weighted by Crippen LogP contribution is -2.47. The monoisotopic (exact) mass is 324 g/mol. The van der Waals surface area contributed by atoms with Gasteiger partial charge in [0.05, 0.1) is 5.69 Å². The first-order chi connectivity index (χ1) is 11.7. The second-order valence-electron chi connectivity index (χ2n) is 6.22. The van der Waals surface area contributed by atoms with E-state index in [2.05, 4.69) is 6.92 Å². The largest absolute Gasteiger partial charge is 0.478 e. The van der Waals surface area contributed by atoms with E-state index in [1.807, 2.05) is 53.4 Å². The van der Waals surface area contributed by atoms with Gasteiger partial charge in [-0.25, -0.2) is 0 Å². The standard InChI is InChI=1S/C20H24N2O2/c1-2-3-7-12-22-17-14-16(21)10-11-18(17)24-19(20(22)23)13-15-8-5-4-6-9-15/h4-6,8-11,14,19H,2-3,7,12-13,21H2,1H3. The molecule has 0 saturated carbocycles. The van der Waals surface area contributed by atoms with Crippen LogP contribution < -0.4 is 15.4 Å². The number of carbonyl (C=O) groups excluding carboxylic acids is 1. The van der Waals surface area contributed by atoms with Gasteiger partial charge in [-0.05, 0) is 30.2 Å². The van der Waals surface area contributed by atoms with Crippen LogP contribution in [0.2, 0.25) is 0 Å². The zero-order valence-corrected chi connectivity index (χ0v) is 14.1. The van der Waals surface area contributed by atoms with Crippen molar-refractivity contribution in [3.05, 3.63) is 54.1 Å². The molecule has 0 radical (unpaired) electrons. The molecule has 3 rings (SSSR count). The number of anilines is 2. The molecule has 2 aromatic carbocycles. The molecule has 1 amide bonds. The predicted molar refractivity (Wildman–Crippen MR) is 97.3 cm³/mol. The summed E-state index contributed by atoms with van der Waals surface area (Å²) < 4.78 is 5.99. The molecule has 0 fully saturated rings. The summed E-state index contributed by atoms with van der Waals surface area (Å²) in [6.45, 7) is 2.86. The van der Waals surface area contributed by atoms with Gasteiger partial charge in [0.2, 0.25) is 0 Å². The van der Waals surface area contributed by atoms with Gasteiger partial charge < -0.3 is 15.4 Å². The molecule has 1 heterocycles. The summed E-state index contributed by atoms with van der Waals surface area (Å²) in [6, 6.07) is 15.5. The number of hydrogen-bond acceptors (Lipinski definition) is 3. The number of carbonyl (C=O) groups is 1. The van der Waals surface area contributed by atoms with Gasteiger partial charge in [0, 0.05) is 18.7 Å². The average Bonchev–Trinajstić information content (AvgIpc) is 2.59. The number of ether oxygens (including phenoxy) is 1. The Morgan fingerprint density at radius 3 is 2.67 bits per heavy atom. The van der Waals surface area contributed by atoms with Crippen LogP contribution in [-0.2, 0) is 11.2 Å². The maximum atomic E-state index is 13.0. The first-order valence-electron chi connectivity index (χ1n) is 8.60. The molecule has 1 atom stereocenters. The van der Waals surface area contributed by atoms with Gasteiger partial charge in [-0.3, -0.25) is 4.79 Å². The molecule has 0 aromatic heterocycles. The predicted octanol–water partition coefficient (Wildman–Crippen LogP) is 3.80. The molecule has 2 N–H and O–H groups in total. The van der Waals surface area contributed by atoms with Crippen molar-refractivity contribution in [3.63, 3.8) is 0 Å². The molecule has 0 bridgehead atoms. The summed E-state index contributed by atoms with van der Waals surface area (Å²) in [7, 11) is 0. The van der Waals surface area contributed by atoms with Crippen molar-refractivity contribution in [1.82, 2.24) is 0 Å². The lowest BCUT2D eigenvalue weighted by Gasteiger charge is -2.34. The van der Waals surface area contributed by atoms with Crippen molar-refractivity contribution in [2.75, 3.05) is 17.2 Å². The van der Waals surface area contributed by atoms with Crippen LogP contribution in [0.3, 0.4) is 0 Å². The summed E-state index contributed by atoms with van der Waals surface area (Å²) in [5, 5.41) is 0. The maximum Gasteiger partial charge on any atom is 0.268 e. The van der Waals surface area contributed by atoms with Crippen LogP contribution in [0.4, 0.5) is 11.4 Å². The third-order valence-corrected chi connectivity index (χ3v) is 4.33. The lowest BCUT2D eigenvalue weighted by atomic mass is 10.0. The SMILES string of the molecule is CCCCCN1C(=O)C(Cc2ccccc2)Oc2ccc(N)cc21. The maximum absolute atomic E-state index is 13.0. The van der Waals surface area contributed by atoms with E-state index >= 15 is 0 Å². The van der Waals surface area contributed by atoms with E-state index in [4.69, 9.17) is 10.5 Å². The van der Waals surface area contributed by atoms with Crippen molar-refractivity contribution in [2.45, 2.75) is 38.7 Å². The van der Waals surface area contributed by atoms with Gasteiger partial charge in [-0.1, -0.05) is 50.1 Å². The zero-order chi connectivity index (χ0) is 16.9. The number of nitrogen functional groups attached to an aromatic ring is 1. The third kappa shape index (κ3) is 3.53. The van der Waals surface area contributed by atoms with E-state index in [1.54, 1.807) is 0 Å². The van der Waals surface area contributed by atoms with Crippen molar-refractivity contribution in [1.29, 1.82) is 0 Å². The summed E-state index contributed by atoms with van der Waals surface area (Å²) >= 11 is 0. The number of nitrogens with two attached hydrogens (primary N) is 1. The van der Waals surface area contributed by atoms with E-state index in [0.29, 0.717) is 18.7 Å². The lowest BCUT2D eigenvalue weighted by molar-refractivity contribution is -0.126. The second kappa shape index (κ2) is 7.39. The molecular weight excluding hydrogens is 300 g/mol. The Morgan fingerprint density at radius 2 is 1.92 bits per heavy atom. The average molecular weight is 324 g/mol. The summed E-state index contributed by atoms with van der Waals surface area (Å²) in [5.41, 5.74) is 8.45. The second-order valence-corrected chi connectivity index (χ2v) is 6.22. The highest BCUT2D eigenvalue weighted by Gasteiger charge is 2.34. The van der Waals surface area contributed by atoms with Crippen LogP contribution in [0, 0.1) is 0 Å². The Hall–Kier alpha value is -2.49. The van der Waals surface area contributed by atoms with Gasteiger partial charge >= 0.3 is 0 Å². The van der Waals surface area contributed by atoms with Crippen molar-refractivity contribution < 1.29 is 9.53 Å². The molecule has 1 aliphatic heterocycles. The zero-order valence-electron chi connectivity index (χ0n) is 14.1. The highest BCUT2D eigenvalue weighted by atomic mass is 16.5. The fraction of sp³-hybridized carbons (Fsp3) is 0.350. The number of rotatable bonds is 6. The molecule has 126 valence electrons. The van der Waals surface area contributed by atoms with E-state index in [1.165, 1.54) is 0 Å². The van der Waals surface area contributed by atoms with Crippen molar-refractivity contribution in [3.8, 4) is 5.75 Å². The Bertz CT molecular complexity index is 700. The number of fused-ring (bicyclic) bond motifs is 1. The molecule has 0 aliphatic carbocycles. The quantitative estimate of drug-likeness (QED) is 0.649. The number of nitrogens with zero attached hydrogens (tertiary/aromatic N) is 1. The normalized spacial score (nSPS) is 16.6. The van der Waals surface area contributed by atoms with Crippen molar-refractivity contribution >= 4 is 17.3 Å². The summed E-state index contributed by atoms with van der Waals surface area (Å²) in [6.07, 6.45) is 3.30. The van der Waals surface area contributed by atoms with E-state index in [0.717, 1.165) is 36.3 Å². The highest BCUT2D eigenvalue weighted by Crippen LogP contribution is 2.36. The molecule has 24 heavy (non-hydrogen) atoms. The minimum atomic E-state index is -0.481. The smallest absolute Gasteiger partial charge is 0.268 e. The van der Waals surface area contributed by atoms with Crippen LogP contribution in [0.25, 0.3) is 0 Å². The van der Waals surface area contributed by atoms with Crippen LogP contribution in [0.1, 0.15) is 31.7 Å². The van der Waals surface area contributed by atoms with Crippen LogP contribution in [0.5, 0.6) is 5.75 Å². The van der Waals surface area contributed by atoms with E-state index in [9.17, 15) is 4.79 Å². The fourth-order valence-corrected chi connectivity index (χ4v) is 3.05. The molecule has 4 heteroatoms. The Morgan fingerprint density at radius 1 is 1.12 bits per heavy atom. The van der Waals surface area contributed by atoms with Gasteiger partial charge in [0.15, 0.2) is 6.10 Å². The Labute approximate surface area is 143 Å². The first-order valence-corrected chi connectivity index (χ1v) is 8.60. The minimum Gasteiger partial charge on any atom is -0.478 e. The van der Waals surface area contributed by atoms with E-state index in [-0.39, 0.29) is 5.91 Å². The number of amides is 1. The molecule has 1 unspecified atom stereocenters. The molecule has 2 aromatic rings. The van der Waals surface area contributed by atoms with Gasteiger partial charge in [0.25, 0.3) is 5.91 Å². The van der Waals surface area contributed by atoms with E-state index < -0.39 is 6.10 Å². The molecule has 1 aliphatic rings. The van der Waals surface area contributed by atoms with Crippen LogP contribution >= 0.6 is 0 Å². The fourth-order valence-electron chi connectivity index (χ4n) is 3.05. The molecular formula is C20H24N2O2. The number of benzene rings is 2. The topological polar surface area (TPSA) is 55.6 Å². The Balaban J connectivity index is 1.85. The first kappa shape index (κ1) is 16.4. The Kier molecular flexibility index (Phi) is 5.04. The summed E-state index contributed by atoms with van der Waals surface area (Å²) in [4.78, 5) is 14.8. The van der Waals surface area contributed by atoms with Gasteiger partial charge in [0.1, 0.15) is 5.75 Å². The van der Waals surface area contributed by atoms with Gasteiger partial charge in [-0.2, -0.15) is 0 Å². The molecule has 4 nitrogen and oxygen atoms in total. The van der Waals surface area contributed by atoms with Crippen molar-refractivity contribution in [2.24, 2.45) is 0 Å². The number of unbranched alkanes of at least 4 members (excludes halogenated alkanes) is 2. The summed E-state index contributed by atoms with van der Waals surface area (Å²) in [5.74, 6) is 0.759. The highest BCUT2D eigenvalue weighted by molar-refractivity contribution is 6.00.